The second-order valence-electron chi connectivity index (χ2n) is 0.253. The minimum absolute atomic E-state index is 1.33. The van der Waals surface area contributed by atoms with E-state index in [1.807, 2.05) is 22.0 Å². The third kappa shape index (κ3) is 10.2. The monoisotopic (exact) mass is 208 g/mol. The van der Waals surface area contributed by atoms with Crippen LogP contribution in [0.1, 0.15) is 0 Å². The Bertz CT molecular complexity index is 31.0. The summed E-state index contributed by atoms with van der Waals surface area (Å²) in [7, 11) is 0. The molecule has 0 spiro atoms. The third-order valence-electron chi connectivity index (χ3n) is 0. The van der Waals surface area contributed by atoms with Gasteiger partial charge in [-0.05, 0) is 22.0 Å². The van der Waals surface area contributed by atoms with Crippen LogP contribution in [0.15, 0.2) is 0 Å². The van der Waals surface area contributed by atoms with Gasteiger partial charge < -0.3 is 4.89 Å². The molecule has 0 rings (SSSR count). The van der Waals surface area contributed by atoms with Crippen LogP contribution in [0.4, 0.5) is 0 Å². The number of hydrogen-bond acceptors (Lipinski definition) is 1. The molecule has 1 atom stereocenters. The summed E-state index contributed by atoms with van der Waals surface area (Å²) in [4.78, 5) is 7.96. The van der Waals surface area contributed by atoms with Crippen LogP contribution in [-0.4, -0.2) is 4.89 Å². The lowest BCUT2D eigenvalue weighted by Crippen LogP contribution is -1.18. The van der Waals surface area contributed by atoms with Crippen molar-refractivity contribution in [1.29, 1.82) is 0 Å². The van der Waals surface area contributed by atoms with Gasteiger partial charge in [0.25, 0.3) is 0 Å². The molecule has 4 heavy (non-hydrogen) atoms. The Morgan fingerprint density at radius 1 is 2.00 bits per heavy atom. The molecule has 0 saturated heterocycles. The molecule has 26 valence electrons. The van der Waals surface area contributed by atoms with Crippen LogP contribution in [0, 0.1) is 0 Å². The number of halogens is 1. The van der Waals surface area contributed by atoms with Gasteiger partial charge in [-0.15, -0.1) is 0 Å². The zero-order valence-electron chi connectivity index (χ0n) is 1.73. The van der Waals surface area contributed by atoms with Crippen LogP contribution in [0.5, 0.6) is 0 Å². The van der Waals surface area contributed by atoms with Crippen molar-refractivity contribution in [3.63, 3.8) is 0 Å². The van der Waals surface area contributed by atoms with Gasteiger partial charge in [0.15, 0.2) is 0 Å². The molecule has 0 aliphatic carbocycles. The summed E-state index contributed by atoms with van der Waals surface area (Å²) in [6.07, 6.45) is 0. The molecule has 0 aromatic rings. The highest BCUT2D eigenvalue weighted by molar-refractivity contribution is 14.2. The van der Waals surface area contributed by atoms with Crippen molar-refractivity contribution in [2.24, 2.45) is 0 Å². The van der Waals surface area contributed by atoms with E-state index in [1.165, 1.54) is 0 Å². The van der Waals surface area contributed by atoms with E-state index >= 15 is 0 Å². The lowest BCUT2D eigenvalue weighted by Gasteiger charge is -1.62. The summed E-state index contributed by atoms with van der Waals surface area (Å²) < 4.78 is -1.33. The zero-order valence-corrected chi connectivity index (χ0v) is 5.71. The molecule has 4 heteroatoms. The van der Waals surface area contributed by atoms with E-state index in [0.29, 0.717) is 0 Å². The first-order valence-corrected chi connectivity index (χ1v) is 6.31. The Kier molecular flexibility index (Phi) is 3.43. The van der Waals surface area contributed by atoms with Gasteiger partial charge in [-0.1, -0.05) is 11.8 Å². The van der Waals surface area contributed by atoms with Crippen molar-refractivity contribution in [1.82, 2.24) is 0 Å². The fraction of sp³-hybridized carbons (Fsp3) is 0. The summed E-state index contributed by atoms with van der Waals surface area (Å²) in [5.41, 5.74) is 0. The largest absolute Gasteiger partial charge is 0.359 e. The second kappa shape index (κ2) is 2.57. The molecule has 1 unspecified atom stereocenters. The number of rotatable bonds is 0. The summed E-state index contributed by atoms with van der Waals surface area (Å²) in [5, 5.41) is 0. The lowest BCUT2D eigenvalue weighted by atomic mass is 15.9. The quantitative estimate of drug-likeness (QED) is 0.471. The maximum Gasteiger partial charge on any atom is 0.109 e. The Morgan fingerprint density at radius 2 is 2.00 bits per heavy atom. The van der Waals surface area contributed by atoms with Crippen LogP contribution in [0.3, 0.4) is 0 Å². The third-order valence-corrected chi connectivity index (χ3v) is 0. The van der Waals surface area contributed by atoms with Crippen LogP contribution in [0.2, 0.25) is 0 Å². The number of hydrogen-bond donors (Lipinski definition) is 1. The van der Waals surface area contributed by atoms with Crippen LogP contribution in [0.25, 0.3) is 0 Å². The van der Waals surface area contributed by atoms with E-state index in [0.717, 1.165) is 0 Å². The van der Waals surface area contributed by atoms with Crippen LogP contribution < -0.4 is 0 Å². The summed E-state index contributed by atoms with van der Waals surface area (Å²) in [6.45, 7) is 0. The van der Waals surface area contributed by atoms with Crippen LogP contribution in [-0.2, 0) is 11.8 Å². The molecular weight excluding hydrogens is 206 g/mol. The van der Waals surface area contributed by atoms with Crippen molar-refractivity contribution < 1.29 is 4.89 Å². The highest BCUT2D eigenvalue weighted by Gasteiger charge is 1.57. The molecule has 1 nitrogen and oxygen atoms in total. The molecule has 0 heterocycles. The first-order valence-electron chi connectivity index (χ1n) is 0.617. The minimum Gasteiger partial charge on any atom is -0.359 e. The molecule has 0 bridgehead atoms. The summed E-state index contributed by atoms with van der Waals surface area (Å²) in [5.74, 6) is 0. The van der Waals surface area contributed by atoms with Crippen molar-refractivity contribution in [3.8, 4) is 0 Å². The average molecular weight is 208 g/mol. The van der Waals surface area contributed by atoms with Crippen molar-refractivity contribution in [2.45, 2.75) is 0 Å². The maximum atomic E-state index is 7.96. The van der Waals surface area contributed by atoms with Crippen molar-refractivity contribution in [3.05, 3.63) is 0 Å². The molecule has 0 aliphatic heterocycles. The van der Waals surface area contributed by atoms with Gasteiger partial charge in [-0.25, -0.2) is 0 Å². The van der Waals surface area contributed by atoms with Gasteiger partial charge in [-0.2, -0.15) is 0 Å². The van der Waals surface area contributed by atoms with Crippen molar-refractivity contribution in [2.75, 3.05) is 0 Å². The lowest BCUT2D eigenvalue weighted by molar-refractivity contribution is 0.660. The molecule has 0 aromatic carbocycles. The minimum atomic E-state index is -1.33. The Morgan fingerprint density at radius 3 is 2.00 bits per heavy atom. The van der Waals surface area contributed by atoms with E-state index in [-0.39, 0.29) is 0 Å². The highest BCUT2D eigenvalue weighted by atomic mass is 127. The Balaban J connectivity index is 2.80. The van der Waals surface area contributed by atoms with Gasteiger partial charge in [0, 0.05) is 0 Å². The van der Waals surface area contributed by atoms with Gasteiger partial charge in [-0.3, -0.25) is 0 Å². The standard InChI is InChI=1S/H2IOPS/c1-3(2)4/h3H,(H,2,4). The average Bonchev–Trinajstić information content (AvgIpc) is 0.811. The first-order chi connectivity index (χ1) is 1.73. The summed E-state index contributed by atoms with van der Waals surface area (Å²) in [6, 6.07) is 0. The predicted octanol–water partition coefficient (Wildman–Crippen LogP) is 0.920. The zero-order chi connectivity index (χ0) is 3.58. The van der Waals surface area contributed by atoms with E-state index in [9.17, 15) is 0 Å². The van der Waals surface area contributed by atoms with E-state index in [2.05, 4.69) is 11.8 Å². The van der Waals surface area contributed by atoms with Gasteiger partial charge in [0.05, 0.1) is 0 Å². The highest BCUT2D eigenvalue weighted by Crippen LogP contribution is 2.23. The van der Waals surface area contributed by atoms with Gasteiger partial charge in [0.1, 0.15) is 4.57 Å². The fourth-order valence-corrected chi connectivity index (χ4v) is 0. The normalized spacial score (nSPS) is 15.5. The van der Waals surface area contributed by atoms with E-state index < -0.39 is 4.57 Å². The van der Waals surface area contributed by atoms with Crippen molar-refractivity contribution >= 4 is 38.4 Å². The molecule has 0 saturated carbocycles. The second-order valence-corrected chi connectivity index (χ2v) is 7.18. The van der Waals surface area contributed by atoms with E-state index in [4.69, 9.17) is 4.89 Å². The molecule has 0 fully saturated rings. The smallest absolute Gasteiger partial charge is 0.109 e. The fourth-order valence-electron chi connectivity index (χ4n) is 0. The SMILES string of the molecule is O[PH](=S)I. The maximum absolute atomic E-state index is 7.96. The molecule has 0 aromatic heterocycles. The Labute approximate surface area is 43.4 Å². The Hall–Kier alpha value is 1.34. The first kappa shape index (κ1) is 5.34. The van der Waals surface area contributed by atoms with Gasteiger partial charge >= 0.3 is 0 Å². The van der Waals surface area contributed by atoms with Crippen LogP contribution >= 0.6 is 26.6 Å². The molecule has 0 aliphatic rings. The molecule has 0 radical (unpaired) electrons. The molecular formula is H2IOPS. The summed E-state index contributed by atoms with van der Waals surface area (Å²) >= 11 is 6.08. The topological polar surface area (TPSA) is 20.2 Å². The van der Waals surface area contributed by atoms with E-state index in [1.54, 1.807) is 0 Å². The molecule has 1 N–H and O–H groups in total. The van der Waals surface area contributed by atoms with Gasteiger partial charge in [0.2, 0.25) is 0 Å². The molecule has 0 amide bonds. The predicted molar refractivity (Wildman–Crippen MR) is 31.9 cm³/mol.